The number of fused-ring (bicyclic) bond motifs is 1. The van der Waals surface area contributed by atoms with Crippen LogP contribution in [0, 0.1) is 13.8 Å². The van der Waals surface area contributed by atoms with Gasteiger partial charge in [-0.05, 0) is 50.5 Å². The predicted octanol–water partition coefficient (Wildman–Crippen LogP) is 3.28. The molecule has 8 heteroatoms. The van der Waals surface area contributed by atoms with Crippen LogP contribution < -0.4 is 10.2 Å². The smallest absolute Gasteiger partial charge is 0.285 e. The Hall–Kier alpha value is -2.87. The highest BCUT2D eigenvalue weighted by molar-refractivity contribution is 7.14. The van der Waals surface area contributed by atoms with Gasteiger partial charge in [-0.3, -0.25) is 4.79 Å². The molecule has 1 aliphatic rings. The number of carbonyl (C=O) groups is 1. The summed E-state index contributed by atoms with van der Waals surface area (Å²) >= 11 is 1.43. The van der Waals surface area contributed by atoms with E-state index in [9.17, 15) is 4.79 Å². The van der Waals surface area contributed by atoms with Crippen molar-refractivity contribution in [3.8, 4) is 0 Å². The fourth-order valence-electron chi connectivity index (χ4n) is 2.79. The maximum atomic E-state index is 12.6. The number of aryl methyl sites for hydroxylation is 3. The molecule has 26 heavy (non-hydrogen) atoms. The van der Waals surface area contributed by atoms with Crippen LogP contribution in [0.4, 0.5) is 17.5 Å². The normalized spacial score (nSPS) is 13.4. The van der Waals surface area contributed by atoms with Crippen LogP contribution in [0.1, 0.15) is 32.4 Å². The summed E-state index contributed by atoms with van der Waals surface area (Å²) in [5, 5.41) is 11.6. The summed E-state index contributed by atoms with van der Waals surface area (Å²) in [7, 11) is 0. The molecule has 0 radical (unpaired) electrons. The van der Waals surface area contributed by atoms with Crippen LogP contribution in [-0.2, 0) is 6.42 Å². The average molecular weight is 366 g/mol. The molecule has 0 fully saturated rings. The van der Waals surface area contributed by atoms with Gasteiger partial charge in [-0.25, -0.2) is 9.97 Å². The molecule has 0 bridgehead atoms. The number of aromatic nitrogens is 4. The van der Waals surface area contributed by atoms with Gasteiger partial charge in [-0.1, -0.05) is 6.07 Å². The number of amides is 1. The van der Waals surface area contributed by atoms with Crippen LogP contribution in [0.15, 0.2) is 30.5 Å². The Balaban J connectivity index is 1.59. The highest BCUT2D eigenvalue weighted by Crippen LogP contribution is 2.35. The molecule has 7 nitrogen and oxygen atoms in total. The van der Waals surface area contributed by atoms with E-state index in [-0.39, 0.29) is 5.91 Å². The van der Waals surface area contributed by atoms with Gasteiger partial charge in [0.15, 0.2) is 10.8 Å². The first-order valence-corrected chi connectivity index (χ1v) is 9.23. The van der Waals surface area contributed by atoms with Crippen LogP contribution in [0.5, 0.6) is 0 Å². The number of hydrogen-bond acceptors (Lipinski definition) is 7. The number of rotatable bonds is 3. The fourth-order valence-corrected chi connectivity index (χ4v) is 3.79. The van der Waals surface area contributed by atoms with Gasteiger partial charge >= 0.3 is 0 Å². The van der Waals surface area contributed by atoms with Gasteiger partial charge in [0.1, 0.15) is 11.6 Å². The minimum atomic E-state index is -0.240. The zero-order chi connectivity index (χ0) is 18.1. The van der Waals surface area contributed by atoms with Crippen molar-refractivity contribution < 1.29 is 4.79 Å². The molecular formula is C18H18N6OS. The van der Waals surface area contributed by atoms with Gasteiger partial charge < -0.3 is 10.2 Å². The second kappa shape index (κ2) is 6.80. The number of thiazole rings is 1. The average Bonchev–Trinajstić information content (AvgIpc) is 3.09. The Morgan fingerprint density at radius 2 is 2.08 bits per heavy atom. The molecule has 0 saturated heterocycles. The molecule has 132 valence electrons. The van der Waals surface area contributed by atoms with E-state index in [2.05, 4.69) is 25.5 Å². The van der Waals surface area contributed by atoms with Crippen molar-refractivity contribution >= 4 is 34.7 Å². The van der Waals surface area contributed by atoms with Crippen LogP contribution in [0.2, 0.25) is 0 Å². The van der Waals surface area contributed by atoms with Gasteiger partial charge in [-0.15, -0.1) is 16.4 Å². The molecule has 0 saturated carbocycles. The molecule has 0 aliphatic carbocycles. The third-order valence-corrected chi connectivity index (χ3v) is 5.23. The minimum Gasteiger partial charge on any atom is -0.309 e. The molecule has 0 aromatic carbocycles. The van der Waals surface area contributed by atoms with E-state index in [0.29, 0.717) is 10.8 Å². The first kappa shape index (κ1) is 16.6. The maximum Gasteiger partial charge on any atom is 0.285 e. The van der Waals surface area contributed by atoms with Crippen molar-refractivity contribution in [3.63, 3.8) is 0 Å². The largest absolute Gasteiger partial charge is 0.309 e. The van der Waals surface area contributed by atoms with Crippen molar-refractivity contribution in [1.29, 1.82) is 0 Å². The minimum absolute atomic E-state index is 0.240. The number of nitrogens with one attached hydrogen (secondary N) is 1. The van der Waals surface area contributed by atoms with Crippen molar-refractivity contribution in [2.75, 3.05) is 16.8 Å². The Bertz CT molecular complexity index is 935. The Morgan fingerprint density at radius 1 is 1.19 bits per heavy atom. The summed E-state index contributed by atoms with van der Waals surface area (Å²) in [6.45, 7) is 4.67. The number of pyridine rings is 1. The van der Waals surface area contributed by atoms with Crippen molar-refractivity contribution in [1.82, 2.24) is 20.2 Å². The van der Waals surface area contributed by atoms with E-state index < -0.39 is 0 Å². The highest BCUT2D eigenvalue weighted by atomic mass is 32.1. The molecular weight excluding hydrogens is 348 g/mol. The summed E-state index contributed by atoms with van der Waals surface area (Å²) in [5.74, 6) is 1.85. The lowest BCUT2D eigenvalue weighted by atomic mass is 10.2. The fraction of sp³-hybridized carbons (Fsp3) is 0.278. The van der Waals surface area contributed by atoms with Gasteiger partial charge in [0.05, 0.1) is 5.69 Å². The topological polar surface area (TPSA) is 83.9 Å². The Labute approximate surface area is 155 Å². The third-order valence-electron chi connectivity index (χ3n) is 4.13. The van der Waals surface area contributed by atoms with E-state index in [4.69, 9.17) is 0 Å². The summed E-state index contributed by atoms with van der Waals surface area (Å²) in [5.41, 5.74) is 1.91. The van der Waals surface area contributed by atoms with Gasteiger partial charge in [0, 0.05) is 17.6 Å². The van der Waals surface area contributed by atoms with E-state index >= 15 is 0 Å². The summed E-state index contributed by atoms with van der Waals surface area (Å²) in [6, 6.07) is 7.56. The first-order chi connectivity index (χ1) is 12.6. The monoisotopic (exact) mass is 366 g/mol. The Kier molecular flexibility index (Phi) is 4.34. The molecule has 1 amide bonds. The van der Waals surface area contributed by atoms with Crippen LogP contribution >= 0.6 is 11.3 Å². The summed E-state index contributed by atoms with van der Waals surface area (Å²) in [4.78, 5) is 24.5. The second-order valence-electron chi connectivity index (χ2n) is 6.23. The van der Waals surface area contributed by atoms with Gasteiger partial charge in [0.25, 0.3) is 5.91 Å². The molecule has 1 aliphatic heterocycles. The van der Waals surface area contributed by atoms with Gasteiger partial charge in [0.2, 0.25) is 0 Å². The summed E-state index contributed by atoms with van der Waals surface area (Å²) < 4.78 is 0. The van der Waals surface area contributed by atoms with Gasteiger partial charge in [-0.2, -0.15) is 5.10 Å². The van der Waals surface area contributed by atoms with E-state index in [0.717, 1.165) is 47.2 Å². The molecule has 1 N–H and O–H groups in total. The molecule has 0 atom stereocenters. The number of hydrogen-bond donors (Lipinski definition) is 1. The van der Waals surface area contributed by atoms with Crippen LogP contribution in [0.25, 0.3) is 0 Å². The lowest BCUT2D eigenvalue weighted by Gasteiger charge is -2.25. The van der Waals surface area contributed by atoms with E-state index in [1.807, 2.05) is 36.9 Å². The van der Waals surface area contributed by atoms with Crippen molar-refractivity contribution in [2.24, 2.45) is 0 Å². The number of nitrogens with zero attached hydrogens (tertiary/aromatic N) is 5. The zero-order valence-corrected chi connectivity index (χ0v) is 15.4. The standard InChI is InChI=1S/C18H18N6OS/c1-11-5-7-14(19-10-11)20-17(25)18-21-16-13(26-18)4-3-9-24(16)15-8-6-12(2)22-23-15/h5-8,10H,3-4,9H2,1-2H3,(H,19,20,25). The number of anilines is 3. The number of carbonyl (C=O) groups excluding carboxylic acids is 1. The third kappa shape index (κ3) is 3.28. The lowest BCUT2D eigenvalue weighted by molar-refractivity contribution is 0.102. The zero-order valence-electron chi connectivity index (χ0n) is 14.6. The maximum absolute atomic E-state index is 12.6. The SMILES string of the molecule is Cc1ccc(NC(=O)c2nc3c(s2)CCCN3c2ccc(C)nn2)nc1. The van der Waals surface area contributed by atoms with Crippen LogP contribution in [0.3, 0.4) is 0 Å². The second-order valence-corrected chi connectivity index (χ2v) is 7.31. The molecule has 0 unspecified atom stereocenters. The predicted molar refractivity (Wildman–Crippen MR) is 101 cm³/mol. The Morgan fingerprint density at radius 3 is 2.81 bits per heavy atom. The molecule has 3 aromatic heterocycles. The first-order valence-electron chi connectivity index (χ1n) is 8.42. The van der Waals surface area contributed by atoms with Crippen molar-refractivity contribution in [2.45, 2.75) is 26.7 Å². The van der Waals surface area contributed by atoms with Crippen molar-refractivity contribution in [3.05, 3.63) is 51.6 Å². The van der Waals surface area contributed by atoms with E-state index in [1.54, 1.807) is 12.3 Å². The summed E-state index contributed by atoms with van der Waals surface area (Å²) in [6.07, 6.45) is 3.63. The van der Waals surface area contributed by atoms with E-state index in [1.165, 1.54) is 11.3 Å². The molecule has 0 spiro atoms. The lowest BCUT2D eigenvalue weighted by Crippen LogP contribution is -2.25. The highest BCUT2D eigenvalue weighted by Gasteiger charge is 2.26. The van der Waals surface area contributed by atoms with Crippen LogP contribution in [-0.4, -0.2) is 32.6 Å². The molecule has 4 heterocycles. The molecule has 4 rings (SSSR count). The quantitative estimate of drug-likeness (QED) is 0.766. The molecule has 3 aromatic rings.